The summed E-state index contributed by atoms with van der Waals surface area (Å²) >= 11 is 0. The van der Waals surface area contributed by atoms with E-state index in [1.807, 2.05) is 0 Å². The second-order valence-corrected chi connectivity index (χ2v) is 4.20. The Bertz CT molecular complexity index is 663. The molecule has 1 aromatic heterocycles. The number of benzene rings is 1. The van der Waals surface area contributed by atoms with Crippen molar-refractivity contribution in [3.05, 3.63) is 40.6 Å². The molecule has 1 heterocycles. The normalized spacial score (nSPS) is 11.8. The largest absolute Gasteiger partial charge is 0.382 e. The third-order valence-electron chi connectivity index (χ3n) is 2.76. The first-order valence-corrected chi connectivity index (χ1v) is 5.79. The highest BCUT2D eigenvalue weighted by atomic mass is 16.6. The van der Waals surface area contributed by atoms with Crippen molar-refractivity contribution >= 4 is 22.3 Å². The first kappa shape index (κ1) is 12.8. The van der Waals surface area contributed by atoms with Crippen LogP contribution < -0.4 is 5.32 Å². The Morgan fingerprint density at radius 2 is 2.32 bits per heavy atom. The summed E-state index contributed by atoms with van der Waals surface area (Å²) < 4.78 is 0. The van der Waals surface area contributed by atoms with E-state index in [-0.39, 0.29) is 11.6 Å². The van der Waals surface area contributed by atoms with Crippen molar-refractivity contribution in [3.63, 3.8) is 0 Å². The van der Waals surface area contributed by atoms with Gasteiger partial charge in [0.25, 0.3) is 5.69 Å². The number of aromatic nitrogens is 1. The Balaban J connectivity index is 2.44. The monoisotopic (exact) mass is 256 g/mol. The van der Waals surface area contributed by atoms with Gasteiger partial charge in [-0.1, -0.05) is 0 Å². The van der Waals surface area contributed by atoms with Crippen LogP contribution in [0.25, 0.3) is 10.9 Å². The van der Waals surface area contributed by atoms with Crippen LogP contribution in [0.15, 0.2) is 30.5 Å². The zero-order valence-electron chi connectivity index (χ0n) is 10.3. The summed E-state index contributed by atoms with van der Waals surface area (Å²) in [6.07, 6.45) is 1.59. The van der Waals surface area contributed by atoms with Gasteiger partial charge in [-0.3, -0.25) is 15.1 Å². The fraction of sp³-hybridized carbons (Fsp3) is 0.231. The maximum absolute atomic E-state index is 11.0. The lowest BCUT2D eigenvalue weighted by Gasteiger charge is -2.10. The molecule has 6 nitrogen and oxygen atoms in total. The van der Waals surface area contributed by atoms with Crippen LogP contribution >= 0.6 is 0 Å². The zero-order chi connectivity index (χ0) is 13.8. The minimum atomic E-state index is -0.425. The Morgan fingerprint density at radius 3 is 3.00 bits per heavy atom. The summed E-state index contributed by atoms with van der Waals surface area (Å²) in [5.41, 5.74) is 1.27. The van der Waals surface area contributed by atoms with E-state index in [0.29, 0.717) is 23.1 Å². The minimum absolute atomic E-state index is 0.0296. The predicted molar refractivity (Wildman–Crippen MR) is 71.7 cm³/mol. The summed E-state index contributed by atoms with van der Waals surface area (Å²) in [6.45, 7) is 2.27. The van der Waals surface area contributed by atoms with E-state index in [1.54, 1.807) is 31.3 Å². The van der Waals surface area contributed by atoms with Crippen LogP contribution in [-0.2, 0) is 0 Å². The SMILES string of the molecule is CC(C#N)CNc1ccc([N+](=O)[O-])c2cccnc12. The molecule has 19 heavy (non-hydrogen) atoms. The number of nitriles is 1. The molecule has 0 saturated heterocycles. The average Bonchev–Trinajstić information content (AvgIpc) is 2.43. The number of nitro benzene ring substituents is 1. The number of hydrogen-bond donors (Lipinski definition) is 1. The summed E-state index contributed by atoms with van der Waals surface area (Å²) in [6, 6.07) is 8.52. The molecular formula is C13H12N4O2. The molecule has 0 fully saturated rings. The number of hydrogen-bond acceptors (Lipinski definition) is 5. The molecule has 2 rings (SSSR count). The van der Waals surface area contributed by atoms with Gasteiger partial charge in [0, 0.05) is 18.8 Å². The van der Waals surface area contributed by atoms with E-state index in [2.05, 4.69) is 16.4 Å². The van der Waals surface area contributed by atoms with Crippen molar-refractivity contribution in [1.82, 2.24) is 4.98 Å². The van der Waals surface area contributed by atoms with Gasteiger partial charge in [-0.05, 0) is 25.1 Å². The lowest BCUT2D eigenvalue weighted by molar-refractivity contribution is -0.383. The van der Waals surface area contributed by atoms with Gasteiger partial charge in [-0.15, -0.1) is 0 Å². The van der Waals surface area contributed by atoms with E-state index in [1.165, 1.54) is 6.07 Å². The van der Waals surface area contributed by atoms with Gasteiger partial charge >= 0.3 is 0 Å². The molecular weight excluding hydrogens is 244 g/mol. The molecule has 1 aromatic carbocycles. The van der Waals surface area contributed by atoms with E-state index < -0.39 is 4.92 Å². The number of fused-ring (bicyclic) bond motifs is 1. The zero-order valence-corrected chi connectivity index (χ0v) is 10.3. The van der Waals surface area contributed by atoms with Gasteiger partial charge in [0.2, 0.25) is 0 Å². The molecule has 0 radical (unpaired) electrons. The second kappa shape index (κ2) is 5.31. The number of nitro groups is 1. The highest BCUT2D eigenvalue weighted by Gasteiger charge is 2.14. The quantitative estimate of drug-likeness (QED) is 0.670. The molecule has 0 spiro atoms. The standard InChI is InChI=1S/C13H12N4O2/c1-9(7-14)8-16-11-4-5-12(17(18)19)10-3-2-6-15-13(10)11/h2-6,9,16H,8H2,1H3. The molecule has 0 amide bonds. The highest BCUT2D eigenvalue weighted by molar-refractivity contribution is 5.96. The maximum atomic E-state index is 11.0. The number of anilines is 1. The van der Waals surface area contributed by atoms with Gasteiger partial charge < -0.3 is 5.32 Å². The number of non-ortho nitro benzene ring substituents is 1. The molecule has 0 aliphatic rings. The molecule has 0 aliphatic carbocycles. The topological polar surface area (TPSA) is 91.8 Å². The van der Waals surface area contributed by atoms with E-state index in [9.17, 15) is 10.1 Å². The van der Waals surface area contributed by atoms with Crippen LogP contribution in [0.5, 0.6) is 0 Å². The molecule has 1 unspecified atom stereocenters. The van der Waals surface area contributed by atoms with Crippen LogP contribution in [0.4, 0.5) is 11.4 Å². The third kappa shape index (κ3) is 2.60. The Kier molecular flexibility index (Phi) is 3.57. The second-order valence-electron chi connectivity index (χ2n) is 4.20. The summed E-state index contributed by atoms with van der Waals surface area (Å²) in [5, 5.41) is 23.3. The molecule has 0 bridgehead atoms. The Labute approximate surface area is 109 Å². The van der Waals surface area contributed by atoms with Crippen molar-refractivity contribution in [2.24, 2.45) is 5.92 Å². The minimum Gasteiger partial charge on any atom is -0.382 e. The highest BCUT2D eigenvalue weighted by Crippen LogP contribution is 2.29. The number of rotatable bonds is 4. The van der Waals surface area contributed by atoms with Crippen LogP contribution in [-0.4, -0.2) is 16.5 Å². The van der Waals surface area contributed by atoms with Crippen molar-refractivity contribution < 1.29 is 4.92 Å². The average molecular weight is 256 g/mol. The smallest absolute Gasteiger partial charge is 0.278 e. The van der Waals surface area contributed by atoms with Crippen molar-refractivity contribution in [3.8, 4) is 6.07 Å². The molecule has 1 N–H and O–H groups in total. The van der Waals surface area contributed by atoms with Gasteiger partial charge in [0.1, 0.15) is 5.52 Å². The summed E-state index contributed by atoms with van der Waals surface area (Å²) in [4.78, 5) is 14.7. The van der Waals surface area contributed by atoms with Crippen molar-refractivity contribution in [2.75, 3.05) is 11.9 Å². The van der Waals surface area contributed by atoms with E-state index >= 15 is 0 Å². The summed E-state index contributed by atoms with van der Waals surface area (Å²) in [7, 11) is 0. The lowest BCUT2D eigenvalue weighted by Crippen LogP contribution is -2.10. The molecule has 0 aliphatic heterocycles. The van der Waals surface area contributed by atoms with Crippen LogP contribution in [0.2, 0.25) is 0 Å². The van der Waals surface area contributed by atoms with Gasteiger partial charge in [0.15, 0.2) is 0 Å². The number of nitrogens with zero attached hydrogens (tertiary/aromatic N) is 3. The van der Waals surface area contributed by atoms with E-state index in [0.717, 1.165) is 0 Å². The molecule has 96 valence electrons. The molecule has 1 atom stereocenters. The summed E-state index contributed by atoms with van der Waals surface area (Å²) in [5.74, 6) is -0.144. The molecule has 2 aromatic rings. The number of nitrogens with one attached hydrogen (secondary N) is 1. The van der Waals surface area contributed by atoms with Gasteiger partial charge in [-0.25, -0.2) is 0 Å². The third-order valence-corrected chi connectivity index (χ3v) is 2.76. The van der Waals surface area contributed by atoms with E-state index in [4.69, 9.17) is 5.26 Å². The van der Waals surface area contributed by atoms with Crippen LogP contribution in [0, 0.1) is 27.4 Å². The van der Waals surface area contributed by atoms with Crippen LogP contribution in [0.3, 0.4) is 0 Å². The lowest BCUT2D eigenvalue weighted by atomic mass is 10.1. The predicted octanol–water partition coefficient (Wildman–Crippen LogP) is 2.71. The first-order chi connectivity index (χ1) is 9.13. The van der Waals surface area contributed by atoms with Gasteiger partial charge in [0.05, 0.1) is 28.0 Å². The molecule has 0 saturated carbocycles. The van der Waals surface area contributed by atoms with Gasteiger partial charge in [-0.2, -0.15) is 5.26 Å². The van der Waals surface area contributed by atoms with Crippen LogP contribution in [0.1, 0.15) is 6.92 Å². The maximum Gasteiger partial charge on any atom is 0.278 e. The fourth-order valence-corrected chi connectivity index (χ4v) is 1.77. The number of pyridine rings is 1. The fourth-order valence-electron chi connectivity index (χ4n) is 1.77. The van der Waals surface area contributed by atoms with Crippen molar-refractivity contribution in [2.45, 2.75) is 6.92 Å². The first-order valence-electron chi connectivity index (χ1n) is 5.79. The molecule has 6 heteroatoms. The van der Waals surface area contributed by atoms with Crippen molar-refractivity contribution in [1.29, 1.82) is 5.26 Å². The Morgan fingerprint density at radius 1 is 1.53 bits per heavy atom. The Hall–Kier alpha value is -2.68.